The first kappa shape index (κ1) is 9.63. The van der Waals surface area contributed by atoms with Crippen molar-refractivity contribution >= 4 is 0 Å². The Labute approximate surface area is 61.9 Å². The Morgan fingerprint density at radius 2 is 1.67 bits per heavy atom. The fourth-order valence-electron chi connectivity index (χ4n) is 0.742. The van der Waals surface area contributed by atoms with Crippen LogP contribution < -0.4 is 0 Å². The molecular formula is C6H16O2Ti. The Bertz CT molecular complexity index is 71.5. The Morgan fingerprint density at radius 3 is 1.78 bits per heavy atom. The van der Waals surface area contributed by atoms with Gasteiger partial charge in [-0.05, 0) is 0 Å². The Hall–Kier alpha value is 0.634. The van der Waals surface area contributed by atoms with Gasteiger partial charge in [0.2, 0.25) is 0 Å². The second-order valence-electron chi connectivity index (χ2n) is 2.29. The van der Waals surface area contributed by atoms with Crippen LogP contribution in [0.15, 0.2) is 0 Å². The molecule has 0 radical (unpaired) electrons. The van der Waals surface area contributed by atoms with Crippen molar-refractivity contribution in [2.24, 2.45) is 0 Å². The van der Waals surface area contributed by atoms with Gasteiger partial charge in [0.05, 0.1) is 0 Å². The fraction of sp³-hybridized carbons (Fsp3) is 1.00. The summed E-state index contributed by atoms with van der Waals surface area (Å²) in [7, 11) is 3.50. The molecule has 0 fully saturated rings. The van der Waals surface area contributed by atoms with Crippen LogP contribution in [0.4, 0.5) is 0 Å². The van der Waals surface area contributed by atoms with E-state index in [2.05, 4.69) is 12.2 Å². The summed E-state index contributed by atoms with van der Waals surface area (Å²) in [5.41, 5.74) is 0. The zero-order valence-corrected chi connectivity index (χ0v) is 8.29. The van der Waals surface area contributed by atoms with Gasteiger partial charge in [0, 0.05) is 0 Å². The molecule has 0 saturated heterocycles. The summed E-state index contributed by atoms with van der Waals surface area (Å²) in [5.74, 6) is 0. The van der Waals surface area contributed by atoms with E-state index in [1.165, 1.54) is 0 Å². The first-order valence-electron chi connectivity index (χ1n) is 3.29. The van der Waals surface area contributed by atoms with Gasteiger partial charge >= 0.3 is 61.5 Å². The molecule has 0 amide bonds. The Morgan fingerprint density at radius 1 is 1.22 bits per heavy atom. The number of hydrogen-bond acceptors (Lipinski definition) is 2. The average molecular weight is 168 g/mol. The number of hydrogen-bond donors (Lipinski definition) is 0. The Balaban J connectivity index is 3.62. The van der Waals surface area contributed by atoms with E-state index in [9.17, 15) is 0 Å². The molecule has 0 heterocycles. The number of rotatable bonds is 4. The zero-order chi connectivity index (χ0) is 7.33. The third-order valence-corrected chi connectivity index (χ3v) is 6.46. The van der Waals surface area contributed by atoms with Crippen molar-refractivity contribution in [2.75, 3.05) is 14.2 Å². The molecule has 0 aliphatic carbocycles. The van der Waals surface area contributed by atoms with Crippen LogP contribution in [0.25, 0.3) is 0 Å². The summed E-state index contributed by atoms with van der Waals surface area (Å²) in [6, 6.07) is 0. The third-order valence-electron chi connectivity index (χ3n) is 1.57. The molecule has 0 N–H and O–H groups in total. The van der Waals surface area contributed by atoms with E-state index in [0.29, 0.717) is 0 Å². The van der Waals surface area contributed by atoms with Crippen molar-refractivity contribution in [3.05, 3.63) is 0 Å². The fourth-order valence-corrected chi connectivity index (χ4v) is 3.06. The SMILES string of the molecule is CC[CH2][Ti]([CH3])([O]C)[O]C. The topological polar surface area (TPSA) is 18.5 Å². The molecule has 0 aromatic rings. The summed E-state index contributed by atoms with van der Waals surface area (Å²) in [5, 5.41) is 2.13. The van der Waals surface area contributed by atoms with Crippen LogP contribution >= 0.6 is 0 Å². The van der Waals surface area contributed by atoms with Crippen molar-refractivity contribution in [2.45, 2.75) is 23.3 Å². The zero-order valence-electron chi connectivity index (χ0n) is 6.73. The van der Waals surface area contributed by atoms with E-state index in [1.807, 2.05) is 0 Å². The molecule has 0 saturated carbocycles. The van der Waals surface area contributed by atoms with Gasteiger partial charge in [-0.2, -0.15) is 0 Å². The molecule has 0 aromatic carbocycles. The van der Waals surface area contributed by atoms with Crippen molar-refractivity contribution < 1.29 is 24.0 Å². The molecule has 0 aliphatic heterocycles. The molecule has 9 heavy (non-hydrogen) atoms. The second kappa shape index (κ2) is 4.45. The van der Waals surface area contributed by atoms with E-state index < -0.39 is 17.4 Å². The van der Waals surface area contributed by atoms with E-state index in [-0.39, 0.29) is 0 Å². The van der Waals surface area contributed by atoms with E-state index in [1.54, 1.807) is 14.2 Å². The van der Waals surface area contributed by atoms with Crippen LogP contribution in [-0.2, 0) is 24.0 Å². The predicted octanol–water partition coefficient (Wildman–Crippen LogP) is 2.14. The van der Waals surface area contributed by atoms with Crippen molar-refractivity contribution in [1.29, 1.82) is 0 Å². The predicted molar refractivity (Wildman–Crippen MR) is 35.0 cm³/mol. The molecule has 0 rings (SSSR count). The normalized spacial score (nSPS) is 12.0. The average Bonchev–Trinajstić information content (AvgIpc) is 1.89. The van der Waals surface area contributed by atoms with Crippen LogP contribution in [-0.4, -0.2) is 14.2 Å². The minimum absolute atomic E-state index is 1.13. The summed E-state index contributed by atoms with van der Waals surface area (Å²) < 4.78 is 11.7. The molecule has 0 aromatic heterocycles. The van der Waals surface area contributed by atoms with Crippen LogP contribution in [0.5, 0.6) is 0 Å². The van der Waals surface area contributed by atoms with Gasteiger partial charge in [0.1, 0.15) is 0 Å². The molecule has 0 bridgehead atoms. The van der Waals surface area contributed by atoms with Crippen LogP contribution in [0, 0.1) is 0 Å². The molecule has 0 spiro atoms. The molecule has 2 nitrogen and oxygen atoms in total. The van der Waals surface area contributed by atoms with E-state index >= 15 is 0 Å². The minimum atomic E-state index is -2.16. The van der Waals surface area contributed by atoms with E-state index in [4.69, 9.17) is 6.64 Å². The van der Waals surface area contributed by atoms with Crippen molar-refractivity contribution in [3.63, 3.8) is 0 Å². The van der Waals surface area contributed by atoms with Gasteiger partial charge in [-0.1, -0.05) is 0 Å². The van der Waals surface area contributed by atoms with Gasteiger partial charge in [-0.3, -0.25) is 0 Å². The van der Waals surface area contributed by atoms with Gasteiger partial charge in [0.25, 0.3) is 0 Å². The molecule has 0 aliphatic rings. The summed E-state index contributed by atoms with van der Waals surface area (Å²) >= 11 is -2.16. The van der Waals surface area contributed by atoms with Crippen molar-refractivity contribution in [3.8, 4) is 0 Å². The molecule has 3 heteroatoms. The van der Waals surface area contributed by atoms with Gasteiger partial charge in [0.15, 0.2) is 0 Å². The van der Waals surface area contributed by atoms with Crippen molar-refractivity contribution in [1.82, 2.24) is 0 Å². The summed E-state index contributed by atoms with van der Waals surface area (Å²) in [6.45, 7) is 2.15. The van der Waals surface area contributed by atoms with Gasteiger partial charge in [-0.15, -0.1) is 0 Å². The molecule has 0 atom stereocenters. The maximum atomic E-state index is 5.29. The van der Waals surface area contributed by atoms with Crippen LogP contribution in [0.3, 0.4) is 0 Å². The quantitative estimate of drug-likeness (QED) is 0.598. The van der Waals surface area contributed by atoms with Gasteiger partial charge in [-0.25, -0.2) is 0 Å². The monoisotopic (exact) mass is 168 g/mol. The molecule has 56 valence electrons. The Kier molecular flexibility index (Phi) is 4.76. The molecule has 0 unspecified atom stereocenters. The van der Waals surface area contributed by atoms with Crippen LogP contribution in [0.1, 0.15) is 13.3 Å². The van der Waals surface area contributed by atoms with Crippen LogP contribution in [0.2, 0.25) is 9.95 Å². The first-order valence-corrected chi connectivity index (χ1v) is 7.23. The first-order chi connectivity index (χ1) is 4.18. The standard InChI is InChI=1S/C3H7.2CH3O.CH3.Ti/c1-3-2;2*1-2;;/h1,3H2,2H3;2*1H3;1H3;/q;2*-1;;+2. The maximum absolute atomic E-state index is 5.29. The summed E-state index contributed by atoms with van der Waals surface area (Å²) in [6.07, 6.45) is 1.16. The van der Waals surface area contributed by atoms with E-state index in [0.717, 1.165) is 11.1 Å². The summed E-state index contributed by atoms with van der Waals surface area (Å²) in [4.78, 5) is 0. The third kappa shape index (κ3) is 3.36. The molecular weight excluding hydrogens is 152 g/mol. The second-order valence-corrected chi connectivity index (χ2v) is 7.89. The van der Waals surface area contributed by atoms with Gasteiger partial charge < -0.3 is 0 Å².